The number of oxazole rings is 1. The van der Waals surface area contributed by atoms with Crippen LogP contribution in [0.4, 0.5) is 0 Å². The lowest BCUT2D eigenvalue weighted by atomic mass is 10.2. The van der Waals surface area contributed by atoms with Crippen LogP contribution in [0.1, 0.15) is 29.1 Å². The first-order chi connectivity index (χ1) is 7.41. The van der Waals surface area contributed by atoms with Gasteiger partial charge in [-0.3, -0.25) is 9.59 Å². The van der Waals surface area contributed by atoms with Crippen molar-refractivity contribution in [3.8, 4) is 0 Å². The molecule has 1 aromatic heterocycles. The number of carbonyl (C=O) groups is 2. The molecule has 0 aliphatic heterocycles. The van der Waals surface area contributed by atoms with Crippen molar-refractivity contribution in [3.05, 3.63) is 17.3 Å². The maximum atomic E-state index is 11.6. The zero-order valence-electron chi connectivity index (χ0n) is 9.40. The van der Waals surface area contributed by atoms with E-state index in [4.69, 9.17) is 9.52 Å². The number of carboxylic acid groups (broad SMARTS) is 1. The van der Waals surface area contributed by atoms with Crippen LogP contribution in [0, 0.1) is 19.8 Å². The first-order valence-electron chi connectivity index (χ1n) is 4.87. The summed E-state index contributed by atoms with van der Waals surface area (Å²) in [6, 6.07) is 0. The topological polar surface area (TPSA) is 92.4 Å². The number of hydrogen-bond acceptors (Lipinski definition) is 4. The van der Waals surface area contributed by atoms with Crippen molar-refractivity contribution in [1.29, 1.82) is 0 Å². The van der Waals surface area contributed by atoms with E-state index in [-0.39, 0.29) is 12.3 Å². The average molecular weight is 226 g/mol. The molecule has 0 fully saturated rings. The molecule has 88 valence electrons. The van der Waals surface area contributed by atoms with Crippen molar-refractivity contribution >= 4 is 11.9 Å². The fourth-order valence-corrected chi connectivity index (χ4v) is 1.16. The average Bonchev–Trinajstić information content (AvgIpc) is 2.53. The number of aliphatic carboxylic acids is 1. The number of hydrogen-bond donors (Lipinski definition) is 2. The van der Waals surface area contributed by atoms with Gasteiger partial charge >= 0.3 is 5.97 Å². The molecular weight excluding hydrogens is 212 g/mol. The molecule has 1 aromatic rings. The van der Waals surface area contributed by atoms with Gasteiger partial charge in [-0.1, -0.05) is 6.92 Å². The van der Waals surface area contributed by atoms with E-state index in [1.807, 2.05) is 0 Å². The number of amides is 1. The molecule has 1 heterocycles. The number of nitrogens with zero attached hydrogens (tertiary/aromatic N) is 1. The minimum absolute atomic E-state index is 0.0629. The van der Waals surface area contributed by atoms with Crippen molar-refractivity contribution < 1.29 is 19.1 Å². The smallest absolute Gasteiger partial charge is 0.308 e. The van der Waals surface area contributed by atoms with Crippen LogP contribution in [-0.4, -0.2) is 28.5 Å². The van der Waals surface area contributed by atoms with E-state index in [9.17, 15) is 9.59 Å². The Bertz CT molecular complexity index is 411. The van der Waals surface area contributed by atoms with E-state index in [2.05, 4.69) is 10.3 Å². The van der Waals surface area contributed by atoms with Crippen LogP contribution in [0.5, 0.6) is 0 Å². The van der Waals surface area contributed by atoms with Crippen LogP contribution in [0.25, 0.3) is 0 Å². The highest BCUT2D eigenvalue weighted by Crippen LogP contribution is 2.08. The molecule has 1 amide bonds. The molecule has 6 heteroatoms. The molecule has 6 nitrogen and oxygen atoms in total. The van der Waals surface area contributed by atoms with Crippen molar-refractivity contribution in [1.82, 2.24) is 10.3 Å². The van der Waals surface area contributed by atoms with Gasteiger partial charge in [-0.25, -0.2) is 4.98 Å². The summed E-state index contributed by atoms with van der Waals surface area (Å²) in [5, 5.41) is 11.1. The molecule has 0 aromatic carbocycles. The van der Waals surface area contributed by atoms with Gasteiger partial charge in [0.2, 0.25) is 5.76 Å². The molecule has 0 aliphatic rings. The van der Waals surface area contributed by atoms with Gasteiger partial charge in [-0.2, -0.15) is 0 Å². The van der Waals surface area contributed by atoms with E-state index in [0.29, 0.717) is 11.6 Å². The first kappa shape index (κ1) is 12.2. The molecule has 16 heavy (non-hydrogen) atoms. The van der Waals surface area contributed by atoms with E-state index in [0.717, 1.165) is 0 Å². The summed E-state index contributed by atoms with van der Waals surface area (Å²) in [6.07, 6.45) is 0. The van der Waals surface area contributed by atoms with Gasteiger partial charge < -0.3 is 14.8 Å². The van der Waals surface area contributed by atoms with Gasteiger partial charge in [0.1, 0.15) is 0 Å². The normalized spacial score (nSPS) is 12.2. The number of carboxylic acids is 1. The minimum Gasteiger partial charge on any atom is -0.481 e. The van der Waals surface area contributed by atoms with Gasteiger partial charge in [0, 0.05) is 13.5 Å². The fourth-order valence-electron chi connectivity index (χ4n) is 1.16. The third-order valence-electron chi connectivity index (χ3n) is 2.10. The molecule has 0 radical (unpaired) electrons. The Morgan fingerprint density at radius 3 is 2.56 bits per heavy atom. The Morgan fingerprint density at radius 1 is 1.50 bits per heavy atom. The molecule has 0 saturated carbocycles. The monoisotopic (exact) mass is 226 g/mol. The number of nitrogens with one attached hydrogen (secondary N) is 1. The molecule has 0 saturated heterocycles. The van der Waals surface area contributed by atoms with Gasteiger partial charge in [0.05, 0.1) is 11.6 Å². The Morgan fingerprint density at radius 2 is 2.12 bits per heavy atom. The molecule has 2 N–H and O–H groups in total. The lowest BCUT2D eigenvalue weighted by Crippen LogP contribution is -2.31. The van der Waals surface area contributed by atoms with E-state index in [1.54, 1.807) is 13.8 Å². The molecule has 0 bridgehead atoms. The molecule has 1 rings (SSSR count). The third kappa shape index (κ3) is 2.82. The molecular formula is C10H14N2O4. The summed E-state index contributed by atoms with van der Waals surface area (Å²) in [5.41, 5.74) is 0.498. The third-order valence-corrected chi connectivity index (χ3v) is 2.10. The summed E-state index contributed by atoms with van der Waals surface area (Å²) in [5.74, 6) is -1.48. The fraction of sp³-hybridized carbons (Fsp3) is 0.500. The van der Waals surface area contributed by atoms with Crippen LogP contribution in [-0.2, 0) is 4.79 Å². The van der Waals surface area contributed by atoms with Gasteiger partial charge in [0.15, 0.2) is 5.89 Å². The standard InChI is InChI=1S/C10H14N2O4/c1-5(10(14)15)4-11-9(13)8-6(2)12-7(3)16-8/h5H,4H2,1-3H3,(H,11,13)(H,14,15)/t5-/m0/s1. The summed E-state index contributed by atoms with van der Waals surface area (Å²) in [7, 11) is 0. The predicted octanol–water partition coefficient (Wildman–Crippen LogP) is 0.742. The van der Waals surface area contributed by atoms with Crippen molar-refractivity contribution in [2.75, 3.05) is 6.54 Å². The zero-order chi connectivity index (χ0) is 12.3. The Labute approximate surface area is 92.7 Å². The molecule has 0 spiro atoms. The first-order valence-corrected chi connectivity index (χ1v) is 4.87. The highest BCUT2D eigenvalue weighted by Gasteiger charge is 2.18. The highest BCUT2D eigenvalue weighted by atomic mass is 16.4. The molecule has 0 unspecified atom stereocenters. The van der Waals surface area contributed by atoms with Gasteiger partial charge in [-0.15, -0.1) is 0 Å². The number of rotatable bonds is 4. The highest BCUT2D eigenvalue weighted by molar-refractivity contribution is 5.92. The summed E-state index contributed by atoms with van der Waals surface area (Å²) in [6.45, 7) is 4.88. The van der Waals surface area contributed by atoms with Crippen LogP contribution in [0.2, 0.25) is 0 Å². The Balaban J connectivity index is 2.60. The quantitative estimate of drug-likeness (QED) is 0.790. The maximum absolute atomic E-state index is 11.6. The number of aromatic nitrogens is 1. The SMILES string of the molecule is Cc1nc(C)c(C(=O)NC[C@H](C)C(=O)O)o1. The predicted molar refractivity (Wildman–Crippen MR) is 55.1 cm³/mol. The second-order valence-electron chi connectivity index (χ2n) is 3.60. The Kier molecular flexibility index (Phi) is 3.65. The molecule has 1 atom stereocenters. The van der Waals surface area contributed by atoms with E-state index < -0.39 is 17.8 Å². The lowest BCUT2D eigenvalue weighted by Gasteiger charge is -2.06. The number of aryl methyl sites for hydroxylation is 2. The van der Waals surface area contributed by atoms with Crippen molar-refractivity contribution in [3.63, 3.8) is 0 Å². The zero-order valence-corrected chi connectivity index (χ0v) is 9.40. The second kappa shape index (κ2) is 4.78. The van der Waals surface area contributed by atoms with Crippen molar-refractivity contribution in [2.45, 2.75) is 20.8 Å². The van der Waals surface area contributed by atoms with Crippen LogP contribution in [0.3, 0.4) is 0 Å². The van der Waals surface area contributed by atoms with Crippen LogP contribution < -0.4 is 5.32 Å². The maximum Gasteiger partial charge on any atom is 0.308 e. The van der Waals surface area contributed by atoms with Crippen LogP contribution in [0.15, 0.2) is 4.42 Å². The Hall–Kier alpha value is -1.85. The van der Waals surface area contributed by atoms with E-state index in [1.165, 1.54) is 6.92 Å². The minimum atomic E-state index is -0.953. The summed E-state index contributed by atoms with van der Waals surface area (Å²) in [4.78, 5) is 26.1. The van der Waals surface area contributed by atoms with Gasteiger partial charge in [-0.05, 0) is 6.92 Å². The largest absolute Gasteiger partial charge is 0.481 e. The summed E-state index contributed by atoms with van der Waals surface area (Å²) < 4.78 is 5.10. The summed E-state index contributed by atoms with van der Waals surface area (Å²) >= 11 is 0. The molecule has 0 aliphatic carbocycles. The lowest BCUT2D eigenvalue weighted by molar-refractivity contribution is -0.140. The van der Waals surface area contributed by atoms with Crippen LogP contribution >= 0.6 is 0 Å². The second-order valence-corrected chi connectivity index (χ2v) is 3.60. The van der Waals surface area contributed by atoms with Crippen molar-refractivity contribution in [2.24, 2.45) is 5.92 Å². The number of carbonyl (C=O) groups excluding carboxylic acids is 1. The van der Waals surface area contributed by atoms with E-state index >= 15 is 0 Å². The van der Waals surface area contributed by atoms with Gasteiger partial charge in [0.25, 0.3) is 5.91 Å².